The van der Waals surface area contributed by atoms with Crippen LogP contribution in [0.1, 0.15) is 4.88 Å². The molecule has 128 valence electrons. The Bertz CT molecular complexity index is 691. The minimum absolute atomic E-state index is 0.293. The molecule has 1 aromatic heterocycles. The van der Waals surface area contributed by atoms with Crippen LogP contribution in [0.15, 0.2) is 35.7 Å². The van der Waals surface area contributed by atoms with Crippen molar-refractivity contribution in [2.45, 2.75) is 6.42 Å². The zero-order valence-electron chi connectivity index (χ0n) is 12.6. The molecular weight excluding hydrogens is 373 g/mol. The van der Waals surface area contributed by atoms with Crippen molar-refractivity contribution in [3.8, 4) is 5.75 Å². The van der Waals surface area contributed by atoms with Gasteiger partial charge in [-0.15, -0.1) is 11.3 Å². The fourth-order valence-corrected chi connectivity index (χ4v) is 2.92. The average molecular weight is 388 g/mol. The van der Waals surface area contributed by atoms with Gasteiger partial charge in [0.05, 0.1) is 5.02 Å². The number of esters is 1. The molecule has 2 aromatic rings. The Morgan fingerprint density at radius 2 is 2.00 bits per heavy atom. The molecule has 0 unspecified atom stereocenters. The van der Waals surface area contributed by atoms with Crippen LogP contribution in [0.4, 0.5) is 0 Å². The molecular formula is C16H15Cl2NO4S. The van der Waals surface area contributed by atoms with E-state index in [1.165, 1.54) is 10.9 Å². The van der Waals surface area contributed by atoms with E-state index in [0.717, 1.165) is 6.42 Å². The van der Waals surface area contributed by atoms with Gasteiger partial charge in [0.15, 0.2) is 13.2 Å². The van der Waals surface area contributed by atoms with Crippen LogP contribution in [0.5, 0.6) is 5.75 Å². The van der Waals surface area contributed by atoms with Crippen LogP contribution in [0.2, 0.25) is 10.0 Å². The van der Waals surface area contributed by atoms with Crippen molar-refractivity contribution in [1.29, 1.82) is 0 Å². The Balaban J connectivity index is 1.62. The second-order valence-electron chi connectivity index (χ2n) is 4.70. The van der Waals surface area contributed by atoms with Gasteiger partial charge in [0.25, 0.3) is 5.91 Å². The Kier molecular flexibility index (Phi) is 7.36. The zero-order chi connectivity index (χ0) is 17.4. The number of amides is 1. The van der Waals surface area contributed by atoms with Crippen molar-refractivity contribution >= 4 is 46.4 Å². The standard InChI is InChI=1S/C16H15Cl2NO4S/c17-11-3-4-14(13(18)8-11)22-10-16(21)23-9-15(20)19-6-5-12-2-1-7-24-12/h1-4,7-8H,5-6,9-10H2,(H,19,20). The van der Waals surface area contributed by atoms with Crippen molar-refractivity contribution in [2.24, 2.45) is 0 Å². The van der Waals surface area contributed by atoms with Gasteiger partial charge in [-0.1, -0.05) is 29.3 Å². The summed E-state index contributed by atoms with van der Waals surface area (Å²) in [6, 6.07) is 8.60. The number of benzene rings is 1. The lowest BCUT2D eigenvalue weighted by Gasteiger charge is -2.09. The summed E-state index contributed by atoms with van der Waals surface area (Å²) in [4.78, 5) is 24.3. The van der Waals surface area contributed by atoms with Gasteiger partial charge in [-0.05, 0) is 36.1 Å². The van der Waals surface area contributed by atoms with E-state index in [2.05, 4.69) is 5.32 Å². The largest absolute Gasteiger partial charge is 0.480 e. The highest BCUT2D eigenvalue weighted by atomic mass is 35.5. The number of nitrogens with one attached hydrogen (secondary N) is 1. The summed E-state index contributed by atoms with van der Waals surface area (Å²) < 4.78 is 10.1. The first-order chi connectivity index (χ1) is 11.5. The molecule has 0 bridgehead atoms. The summed E-state index contributed by atoms with van der Waals surface area (Å²) in [6.07, 6.45) is 0.746. The number of halogens is 2. The van der Waals surface area contributed by atoms with Crippen LogP contribution >= 0.6 is 34.5 Å². The minimum atomic E-state index is -0.658. The molecule has 8 heteroatoms. The van der Waals surface area contributed by atoms with Gasteiger partial charge in [-0.25, -0.2) is 4.79 Å². The van der Waals surface area contributed by atoms with Crippen molar-refractivity contribution in [2.75, 3.05) is 19.8 Å². The molecule has 5 nitrogen and oxygen atoms in total. The maximum absolute atomic E-state index is 11.6. The fraction of sp³-hybridized carbons (Fsp3) is 0.250. The van der Waals surface area contributed by atoms with Crippen LogP contribution in [0.25, 0.3) is 0 Å². The number of hydrogen-bond acceptors (Lipinski definition) is 5. The van der Waals surface area contributed by atoms with Crippen molar-refractivity contribution in [3.63, 3.8) is 0 Å². The number of hydrogen-bond donors (Lipinski definition) is 1. The van der Waals surface area contributed by atoms with Crippen molar-refractivity contribution in [1.82, 2.24) is 5.32 Å². The number of carbonyl (C=O) groups excluding carboxylic acids is 2. The summed E-state index contributed by atoms with van der Waals surface area (Å²) in [5.74, 6) is -0.697. The summed E-state index contributed by atoms with van der Waals surface area (Å²) in [6.45, 7) is -0.196. The summed E-state index contributed by atoms with van der Waals surface area (Å²) in [5.41, 5.74) is 0. The first kappa shape index (κ1) is 18.6. The second kappa shape index (κ2) is 9.52. The fourth-order valence-electron chi connectivity index (χ4n) is 1.75. The quantitative estimate of drug-likeness (QED) is 0.705. The number of thiophene rings is 1. The van der Waals surface area contributed by atoms with E-state index >= 15 is 0 Å². The van der Waals surface area contributed by atoms with E-state index in [0.29, 0.717) is 22.3 Å². The lowest BCUT2D eigenvalue weighted by molar-refractivity contribution is -0.150. The van der Waals surface area contributed by atoms with Gasteiger partial charge in [0.1, 0.15) is 5.75 Å². The molecule has 1 N–H and O–H groups in total. The van der Waals surface area contributed by atoms with E-state index in [1.54, 1.807) is 23.5 Å². The molecule has 24 heavy (non-hydrogen) atoms. The minimum Gasteiger partial charge on any atom is -0.480 e. The van der Waals surface area contributed by atoms with Crippen LogP contribution in [0.3, 0.4) is 0 Å². The lowest BCUT2D eigenvalue weighted by atomic mass is 10.3. The highest BCUT2D eigenvalue weighted by molar-refractivity contribution is 7.09. The van der Waals surface area contributed by atoms with E-state index in [9.17, 15) is 9.59 Å². The molecule has 1 amide bonds. The molecule has 0 spiro atoms. The third kappa shape index (κ3) is 6.39. The van der Waals surface area contributed by atoms with Crippen LogP contribution < -0.4 is 10.1 Å². The summed E-state index contributed by atoms with van der Waals surface area (Å²) >= 11 is 13.3. The van der Waals surface area contributed by atoms with Crippen LogP contribution in [-0.2, 0) is 20.7 Å². The SMILES string of the molecule is O=C(COC(=O)COc1ccc(Cl)cc1Cl)NCCc1cccs1. The highest BCUT2D eigenvalue weighted by Gasteiger charge is 2.10. The number of ether oxygens (including phenoxy) is 2. The average Bonchev–Trinajstić information content (AvgIpc) is 3.05. The molecule has 0 aliphatic carbocycles. The molecule has 1 heterocycles. The van der Waals surface area contributed by atoms with Crippen LogP contribution in [0, 0.1) is 0 Å². The first-order valence-corrected chi connectivity index (χ1v) is 8.70. The van der Waals surface area contributed by atoms with Crippen LogP contribution in [-0.4, -0.2) is 31.6 Å². The van der Waals surface area contributed by atoms with Gasteiger partial charge >= 0.3 is 5.97 Å². The molecule has 0 radical (unpaired) electrons. The van der Waals surface area contributed by atoms with E-state index < -0.39 is 5.97 Å². The molecule has 0 atom stereocenters. The summed E-state index contributed by atoms with van der Waals surface area (Å²) in [7, 11) is 0. The van der Waals surface area contributed by atoms with E-state index in [4.69, 9.17) is 32.7 Å². The monoisotopic (exact) mass is 387 g/mol. The normalized spacial score (nSPS) is 10.2. The molecule has 2 rings (SSSR count). The predicted molar refractivity (Wildman–Crippen MR) is 93.9 cm³/mol. The Morgan fingerprint density at radius 3 is 2.71 bits per heavy atom. The first-order valence-electron chi connectivity index (χ1n) is 7.07. The molecule has 0 aliphatic rings. The lowest BCUT2D eigenvalue weighted by Crippen LogP contribution is -2.31. The molecule has 0 saturated carbocycles. The Hall–Kier alpha value is -1.76. The third-order valence-electron chi connectivity index (χ3n) is 2.88. The maximum Gasteiger partial charge on any atom is 0.344 e. The number of rotatable bonds is 8. The van der Waals surface area contributed by atoms with E-state index in [-0.39, 0.29) is 19.1 Å². The molecule has 0 saturated heterocycles. The third-order valence-corrected chi connectivity index (χ3v) is 4.34. The Morgan fingerprint density at radius 1 is 1.17 bits per heavy atom. The predicted octanol–water partition coefficient (Wildman–Crippen LogP) is 3.34. The second-order valence-corrected chi connectivity index (χ2v) is 6.58. The maximum atomic E-state index is 11.6. The van der Waals surface area contributed by atoms with Gasteiger partial charge in [-0.2, -0.15) is 0 Å². The topological polar surface area (TPSA) is 64.6 Å². The van der Waals surface area contributed by atoms with Crippen molar-refractivity contribution < 1.29 is 19.1 Å². The smallest absolute Gasteiger partial charge is 0.344 e. The van der Waals surface area contributed by atoms with Crippen molar-refractivity contribution in [3.05, 3.63) is 50.6 Å². The number of carbonyl (C=O) groups is 2. The van der Waals surface area contributed by atoms with Gasteiger partial charge in [-0.3, -0.25) is 4.79 Å². The summed E-state index contributed by atoms with van der Waals surface area (Å²) in [5, 5.41) is 5.42. The zero-order valence-corrected chi connectivity index (χ0v) is 14.9. The Labute approximate surface area is 153 Å². The highest BCUT2D eigenvalue weighted by Crippen LogP contribution is 2.27. The van der Waals surface area contributed by atoms with E-state index in [1.807, 2.05) is 17.5 Å². The molecule has 1 aromatic carbocycles. The van der Waals surface area contributed by atoms with Gasteiger partial charge in [0, 0.05) is 16.4 Å². The van der Waals surface area contributed by atoms with Gasteiger partial charge in [0.2, 0.25) is 0 Å². The van der Waals surface area contributed by atoms with Gasteiger partial charge < -0.3 is 14.8 Å². The molecule has 0 fully saturated rings. The molecule has 0 aliphatic heterocycles.